The van der Waals surface area contributed by atoms with Crippen LogP contribution in [0.5, 0.6) is 23.0 Å². The van der Waals surface area contributed by atoms with Gasteiger partial charge in [-0.05, 0) is 120 Å². The Morgan fingerprint density at radius 3 is 1.15 bits per heavy atom. The van der Waals surface area contributed by atoms with Crippen LogP contribution in [0, 0.1) is 0 Å². The molecule has 0 amide bonds. The maximum absolute atomic E-state index is 10.7. The minimum atomic E-state index is -1.18. The van der Waals surface area contributed by atoms with Crippen LogP contribution in [0.2, 0.25) is 0 Å². The van der Waals surface area contributed by atoms with Crippen LogP contribution in [-0.4, -0.2) is 29.4 Å². The van der Waals surface area contributed by atoms with E-state index in [1.165, 1.54) is 39.0 Å². The molecule has 7 heteroatoms. The summed E-state index contributed by atoms with van der Waals surface area (Å²) in [4.78, 5) is 13.9. The normalized spacial score (nSPS) is 10.9. The van der Waals surface area contributed by atoms with Crippen molar-refractivity contribution in [3.8, 4) is 23.0 Å². The molecule has 4 rings (SSSR count). The SMILES string of the molecule is CC(C)Oc1ccc([S+](c2ccc(OC(C)C)cc2)c2ccc(OC(C)C)cc2)cc1.O=C(O)c1ccccc1[O-]. The van der Waals surface area contributed by atoms with Gasteiger partial charge in [0.05, 0.1) is 34.8 Å². The molecule has 41 heavy (non-hydrogen) atoms. The van der Waals surface area contributed by atoms with E-state index in [0.29, 0.717) is 0 Å². The zero-order valence-corrected chi connectivity index (χ0v) is 25.2. The molecule has 0 heterocycles. The van der Waals surface area contributed by atoms with E-state index in [-0.39, 0.29) is 34.8 Å². The van der Waals surface area contributed by atoms with E-state index in [2.05, 4.69) is 72.8 Å². The summed E-state index contributed by atoms with van der Waals surface area (Å²) in [5.41, 5.74) is -0.178. The van der Waals surface area contributed by atoms with Gasteiger partial charge in [-0.15, -0.1) is 0 Å². The Morgan fingerprint density at radius 2 is 0.902 bits per heavy atom. The van der Waals surface area contributed by atoms with Crippen molar-refractivity contribution in [2.75, 3.05) is 0 Å². The lowest BCUT2D eigenvalue weighted by Crippen LogP contribution is -2.08. The first-order valence-corrected chi connectivity index (χ1v) is 14.8. The lowest BCUT2D eigenvalue weighted by Gasteiger charge is -2.13. The molecular weight excluding hydrogens is 536 g/mol. The molecule has 0 unspecified atom stereocenters. The molecule has 0 aliphatic rings. The Bertz CT molecular complexity index is 1240. The number of para-hydroxylation sites is 1. The van der Waals surface area contributed by atoms with Crippen LogP contribution in [-0.2, 0) is 10.9 Å². The van der Waals surface area contributed by atoms with Gasteiger partial charge in [-0.1, -0.05) is 23.9 Å². The van der Waals surface area contributed by atoms with E-state index in [9.17, 15) is 9.90 Å². The van der Waals surface area contributed by atoms with Gasteiger partial charge in [-0.3, -0.25) is 0 Å². The number of carbonyl (C=O) groups is 1. The number of benzene rings is 4. The molecule has 4 aromatic carbocycles. The third-order valence-electron chi connectivity index (χ3n) is 5.41. The molecule has 0 saturated heterocycles. The minimum absolute atomic E-state index is 0.158. The number of hydrogen-bond donors (Lipinski definition) is 1. The molecular formula is C34H38O6S. The Labute approximate surface area is 245 Å². The van der Waals surface area contributed by atoms with Gasteiger partial charge in [0.25, 0.3) is 0 Å². The third-order valence-corrected chi connectivity index (χ3v) is 7.64. The lowest BCUT2D eigenvalue weighted by molar-refractivity contribution is -0.268. The average Bonchev–Trinajstić information content (AvgIpc) is 2.91. The molecule has 4 aromatic rings. The summed E-state index contributed by atoms with van der Waals surface area (Å²) < 4.78 is 17.5. The molecule has 6 nitrogen and oxygen atoms in total. The van der Waals surface area contributed by atoms with Gasteiger partial charge in [0, 0.05) is 0 Å². The van der Waals surface area contributed by atoms with Crippen molar-refractivity contribution in [2.45, 2.75) is 74.5 Å². The quantitative estimate of drug-likeness (QED) is 0.196. The van der Waals surface area contributed by atoms with E-state index >= 15 is 0 Å². The highest BCUT2D eigenvalue weighted by Crippen LogP contribution is 2.34. The summed E-state index contributed by atoms with van der Waals surface area (Å²) in [7, 11) is -0.244. The lowest BCUT2D eigenvalue weighted by atomic mass is 10.2. The largest absolute Gasteiger partial charge is 0.872 e. The Balaban J connectivity index is 0.000000389. The van der Waals surface area contributed by atoms with Gasteiger partial charge >= 0.3 is 5.97 Å². The monoisotopic (exact) mass is 574 g/mol. The van der Waals surface area contributed by atoms with E-state index in [1.807, 2.05) is 41.5 Å². The van der Waals surface area contributed by atoms with Crippen molar-refractivity contribution in [2.24, 2.45) is 0 Å². The van der Waals surface area contributed by atoms with Crippen LogP contribution >= 0.6 is 0 Å². The summed E-state index contributed by atoms with van der Waals surface area (Å²) in [5.74, 6) is 1.05. The number of ether oxygens (including phenoxy) is 3. The van der Waals surface area contributed by atoms with Gasteiger partial charge in [-0.25, -0.2) is 4.79 Å². The summed E-state index contributed by atoms with van der Waals surface area (Å²) >= 11 is 0. The number of aromatic carboxylic acids is 1. The topological polar surface area (TPSA) is 88.1 Å². The molecule has 0 bridgehead atoms. The first-order chi connectivity index (χ1) is 19.5. The molecule has 0 spiro atoms. The second-order valence-corrected chi connectivity index (χ2v) is 12.0. The standard InChI is InChI=1S/C27H33O3S.C7H6O3/c1-19(2)28-22-7-13-25(14-8-22)31(26-15-9-23(10-16-26)29-20(3)4)27-17-11-24(12-18-27)30-21(5)6;8-6-4-2-1-3-5(6)7(9)10/h7-21H,1-6H3;1-4,8H,(H,9,10)/q+1;/p-1. The zero-order chi connectivity index (χ0) is 29.9. The van der Waals surface area contributed by atoms with Crippen molar-refractivity contribution in [3.05, 3.63) is 103 Å². The van der Waals surface area contributed by atoms with E-state index in [4.69, 9.17) is 19.3 Å². The van der Waals surface area contributed by atoms with Crippen LogP contribution < -0.4 is 19.3 Å². The van der Waals surface area contributed by atoms with E-state index in [1.54, 1.807) is 0 Å². The third kappa shape index (κ3) is 9.80. The van der Waals surface area contributed by atoms with Crippen LogP contribution in [0.25, 0.3) is 0 Å². The average molecular weight is 575 g/mol. The van der Waals surface area contributed by atoms with Gasteiger partial charge in [-0.2, -0.15) is 0 Å². The maximum Gasteiger partial charge on any atom is 0.335 e. The summed E-state index contributed by atoms with van der Waals surface area (Å²) in [6, 6.07) is 30.9. The van der Waals surface area contributed by atoms with E-state index < -0.39 is 11.7 Å². The van der Waals surface area contributed by atoms with Crippen LogP contribution in [0.1, 0.15) is 51.9 Å². The highest BCUT2D eigenvalue weighted by atomic mass is 32.2. The molecule has 216 valence electrons. The molecule has 1 N–H and O–H groups in total. The summed E-state index contributed by atoms with van der Waals surface area (Å²) in [5, 5.41) is 19.0. The Hall–Kier alpha value is -4.10. The van der Waals surface area contributed by atoms with Gasteiger partial charge in [0.1, 0.15) is 17.2 Å². The minimum Gasteiger partial charge on any atom is -0.872 e. The molecule has 0 aliphatic carbocycles. The van der Waals surface area contributed by atoms with Gasteiger partial charge in [0.2, 0.25) is 0 Å². The molecule has 0 radical (unpaired) electrons. The van der Waals surface area contributed by atoms with Gasteiger partial charge < -0.3 is 24.4 Å². The zero-order valence-electron chi connectivity index (χ0n) is 24.4. The fourth-order valence-electron chi connectivity index (χ4n) is 3.83. The molecule has 0 aromatic heterocycles. The number of carboxylic acid groups (broad SMARTS) is 1. The smallest absolute Gasteiger partial charge is 0.335 e. The van der Waals surface area contributed by atoms with Crippen LogP contribution in [0.4, 0.5) is 0 Å². The van der Waals surface area contributed by atoms with Crippen molar-refractivity contribution >= 4 is 16.9 Å². The molecule has 0 fully saturated rings. The second kappa shape index (κ2) is 15.1. The van der Waals surface area contributed by atoms with Crippen molar-refractivity contribution in [1.29, 1.82) is 0 Å². The molecule has 0 saturated carbocycles. The molecule has 0 aliphatic heterocycles. The Morgan fingerprint density at radius 1 is 0.585 bits per heavy atom. The van der Waals surface area contributed by atoms with Crippen molar-refractivity contribution in [3.63, 3.8) is 0 Å². The maximum atomic E-state index is 10.7. The fourth-order valence-corrected chi connectivity index (χ4v) is 5.87. The Kier molecular flexibility index (Phi) is 11.5. The highest BCUT2D eigenvalue weighted by molar-refractivity contribution is 7.97. The number of carboxylic acids is 1. The van der Waals surface area contributed by atoms with E-state index in [0.717, 1.165) is 17.2 Å². The second-order valence-electron chi connectivity index (χ2n) is 10.0. The summed E-state index contributed by atoms with van der Waals surface area (Å²) in [6.45, 7) is 12.3. The fraction of sp³-hybridized carbons (Fsp3) is 0.265. The molecule has 0 atom stereocenters. The number of hydrogen-bond acceptors (Lipinski definition) is 5. The van der Waals surface area contributed by atoms with Crippen LogP contribution in [0.3, 0.4) is 0 Å². The predicted molar refractivity (Wildman–Crippen MR) is 162 cm³/mol. The van der Waals surface area contributed by atoms with Crippen molar-refractivity contribution < 1.29 is 29.2 Å². The first-order valence-electron chi connectivity index (χ1n) is 13.6. The van der Waals surface area contributed by atoms with Gasteiger partial charge in [0.15, 0.2) is 14.7 Å². The van der Waals surface area contributed by atoms with Crippen LogP contribution in [0.15, 0.2) is 112 Å². The predicted octanol–water partition coefficient (Wildman–Crippen LogP) is 7.60. The number of rotatable bonds is 10. The van der Waals surface area contributed by atoms with Crippen molar-refractivity contribution in [1.82, 2.24) is 0 Å². The summed E-state index contributed by atoms with van der Waals surface area (Å²) in [6.07, 6.45) is 0.475. The highest BCUT2D eigenvalue weighted by Gasteiger charge is 2.29. The first kappa shape index (κ1) is 31.4.